The molecule has 7 heteroatoms. The molecule has 0 radical (unpaired) electrons. The van der Waals surface area contributed by atoms with Gasteiger partial charge < -0.3 is 9.84 Å². The third-order valence-corrected chi connectivity index (χ3v) is 2.81. The van der Waals surface area contributed by atoms with Gasteiger partial charge >= 0.3 is 11.9 Å². The minimum atomic E-state index is -1.68. The Balaban J connectivity index is 1.90. The number of nitrogens with zero attached hydrogens (tertiary/aromatic N) is 1. The van der Waals surface area contributed by atoms with Crippen molar-refractivity contribution in [2.75, 3.05) is 13.2 Å². The zero-order valence-electron chi connectivity index (χ0n) is 10.4. The largest absolute Gasteiger partial charge is 0.473 e. The fourth-order valence-corrected chi connectivity index (χ4v) is 1.89. The highest BCUT2D eigenvalue weighted by atomic mass is 16.6. The molecule has 20 heavy (non-hydrogen) atoms. The van der Waals surface area contributed by atoms with E-state index in [-0.39, 0.29) is 19.6 Å². The molecule has 0 saturated carbocycles. The first-order valence-corrected chi connectivity index (χ1v) is 5.87. The number of hydrogen-bond donors (Lipinski definition) is 1. The van der Waals surface area contributed by atoms with Gasteiger partial charge in [0.15, 0.2) is 0 Å². The second kappa shape index (κ2) is 5.52. The summed E-state index contributed by atoms with van der Waals surface area (Å²) in [6.07, 6.45) is 0.185. The van der Waals surface area contributed by atoms with E-state index in [0.29, 0.717) is 11.1 Å². The lowest BCUT2D eigenvalue weighted by atomic mass is 10.1. The van der Waals surface area contributed by atoms with Gasteiger partial charge in [-0.3, -0.25) is 14.5 Å². The molecule has 0 saturated heterocycles. The second-order valence-corrected chi connectivity index (χ2v) is 4.10. The summed E-state index contributed by atoms with van der Waals surface area (Å²) in [5.41, 5.74) is 0.695. The number of aliphatic carboxylic acids is 1. The Morgan fingerprint density at radius 2 is 1.65 bits per heavy atom. The molecule has 0 unspecified atom stereocenters. The molecule has 0 aliphatic carbocycles. The van der Waals surface area contributed by atoms with Crippen molar-refractivity contribution >= 4 is 23.8 Å². The first kappa shape index (κ1) is 13.7. The monoisotopic (exact) mass is 277 g/mol. The van der Waals surface area contributed by atoms with Crippen molar-refractivity contribution in [1.29, 1.82) is 0 Å². The van der Waals surface area contributed by atoms with Crippen molar-refractivity contribution in [1.82, 2.24) is 4.90 Å². The second-order valence-electron chi connectivity index (χ2n) is 4.10. The van der Waals surface area contributed by atoms with E-state index in [4.69, 9.17) is 5.11 Å². The van der Waals surface area contributed by atoms with Gasteiger partial charge in [0.25, 0.3) is 11.8 Å². The molecular weight excluding hydrogens is 266 g/mol. The number of amides is 2. The van der Waals surface area contributed by atoms with Crippen LogP contribution in [0.15, 0.2) is 24.3 Å². The lowest BCUT2D eigenvalue weighted by molar-refractivity contribution is -0.163. The van der Waals surface area contributed by atoms with Crippen LogP contribution in [0.1, 0.15) is 27.1 Å². The summed E-state index contributed by atoms with van der Waals surface area (Å²) in [5, 5.41) is 8.30. The number of ether oxygens (including phenoxy) is 1. The van der Waals surface area contributed by atoms with Gasteiger partial charge in [-0.25, -0.2) is 9.59 Å². The Labute approximate surface area is 113 Å². The van der Waals surface area contributed by atoms with Crippen LogP contribution >= 0.6 is 0 Å². The minimum Gasteiger partial charge on any atom is -0.473 e. The third-order valence-electron chi connectivity index (χ3n) is 2.81. The fourth-order valence-electron chi connectivity index (χ4n) is 1.89. The van der Waals surface area contributed by atoms with Gasteiger partial charge in [0.2, 0.25) is 0 Å². The number of carboxylic acid groups (broad SMARTS) is 1. The molecular formula is C13H11NO6. The summed E-state index contributed by atoms with van der Waals surface area (Å²) in [7, 11) is 0. The van der Waals surface area contributed by atoms with E-state index in [1.807, 2.05) is 0 Å². The zero-order valence-corrected chi connectivity index (χ0v) is 10.4. The Bertz CT molecular complexity index is 559. The van der Waals surface area contributed by atoms with Crippen molar-refractivity contribution in [3.05, 3.63) is 35.4 Å². The molecule has 1 aromatic rings. The van der Waals surface area contributed by atoms with Crippen LogP contribution in [-0.4, -0.2) is 46.9 Å². The van der Waals surface area contributed by atoms with Crippen molar-refractivity contribution in [2.24, 2.45) is 0 Å². The molecule has 7 nitrogen and oxygen atoms in total. The van der Waals surface area contributed by atoms with Gasteiger partial charge in [-0.05, 0) is 18.6 Å². The predicted octanol–water partition coefficient (Wildman–Crippen LogP) is 0.300. The van der Waals surface area contributed by atoms with Crippen LogP contribution in [0, 0.1) is 0 Å². The molecule has 104 valence electrons. The molecule has 0 aromatic heterocycles. The summed E-state index contributed by atoms with van der Waals surface area (Å²) < 4.78 is 4.42. The lowest BCUT2D eigenvalue weighted by Crippen LogP contribution is -2.31. The molecule has 1 aliphatic rings. The maximum absolute atomic E-state index is 11.9. The van der Waals surface area contributed by atoms with Crippen molar-refractivity contribution < 1.29 is 29.0 Å². The maximum atomic E-state index is 11.9. The van der Waals surface area contributed by atoms with Gasteiger partial charge in [-0.1, -0.05) is 12.1 Å². The zero-order chi connectivity index (χ0) is 14.7. The molecule has 1 aliphatic heterocycles. The number of rotatable bonds is 4. The highest BCUT2D eigenvalue weighted by Crippen LogP contribution is 2.22. The highest BCUT2D eigenvalue weighted by Gasteiger charge is 2.34. The van der Waals surface area contributed by atoms with E-state index in [1.54, 1.807) is 24.3 Å². The van der Waals surface area contributed by atoms with Gasteiger partial charge in [0.1, 0.15) is 0 Å². The van der Waals surface area contributed by atoms with E-state index < -0.39 is 23.8 Å². The van der Waals surface area contributed by atoms with Crippen LogP contribution in [-0.2, 0) is 14.3 Å². The van der Waals surface area contributed by atoms with E-state index in [2.05, 4.69) is 4.74 Å². The number of carbonyl (C=O) groups is 4. The summed E-state index contributed by atoms with van der Waals surface area (Å²) in [6, 6.07) is 6.48. The lowest BCUT2D eigenvalue weighted by Gasteiger charge is -2.13. The first-order valence-electron chi connectivity index (χ1n) is 5.87. The SMILES string of the molecule is O=C(O)C(=O)OCCCN1C(=O)c2ccccc2C1=O. The topological polar surface area (TPSA) is 101 Å². The Morgan fingerprint density at radius 3 is 2.15 bits per heavy atom. The van der Waals surface area contributed by atoms with Gasteiger partial charge in [0, 0.05) is 6.54 Å². The molecule has 0 atom stereocenters. The Hall–Kier alpha value is -2.70. The number of carbonyl (C=O) groups excluding carboxylic acids is 3. The summed E-state index contributed by atoms with van der Waals surface area (Å²) in [5.74, 6) is -3.82. The quantitative estimate of drug-likeness (QED) is 0.367. The van der Waals surface area contributed by atoms with E-state index in [0.717, 1.165) is 4.90 Å². The summed E-state index contributed by atoms with van der Waals surface area (Å²) in [6.45, 7) is -0.0994. The average molecular weight is 277 g/mol. The molecule has 0 bridgehead atoms. The van der Waals surface area contributed by atoms with Crippen LogP contribution in [0.25, 0.3) is 0 Å². The van der Waals surface area contributed by atoms with Gasteiger partial charge in [-0.15, -0.1) is 0 Å². The normalized spacial score (nSPS) is 13.3. The molecule has 1 aromatic carbocycles. The molecule has 2 rings (SSSR count). The molecule has 1 heterocycles. The number of benzene rings is 1. The van der Waals surface area contributed by atoms with Crippen LogP contribution in [0.2, 0.25) is 0 Å². The number of hydrogen-bond acceptors (Lipinski definition) is 5. The highest BCUT2D eigenvalue weighted by molar-refractivity contribution is 6.28. The van der Waals surface area contributed by atoms with E-state index >= 15 is 0 Å². The predicted molar refractivity (Wildman–Crippen MR) is 65.0 cm³/mol. The standard InChI is InChI=1S/C13H11NO6/c15-10-8-4-1-2-5-9(8)11(16)14(10)6-3-7-20-13(19)12(17)18/h1-2,4-5H,3,6-7H2,(H,17,18). The van der Waals surface area contributed by atoms with Crippen molar-refractivity contribution in [3.8, 4) is 0 Å². The average Bonchev–Trinajstić information content (AvgIpc) is 2.68. The maximum Gasteiger partial charge on any atom is 0.417 e. The fraction of sp³-hybridized carbons (Fsp3) is 0.231. The van der Waals surface area contributed by atoms with Crippen LogP contribution < -0.4 is 0 Å². The molecule has 0 fully saturated rings. The minimum absolute atomic E-state index is 0.0687. The summed E-state index contributed by atoms with van der Waals surface area (Å²) in [4.78, 5) is 45.8. The van der Waals surface area contributed by atoms with Crippen molar-refractivity contribution in [3.63, 3.8) is 0 Å². The van der Waals surface area contributed by atoms with Gasteiger partial charge in [0.05, 0.1) is 17.7 Å². The number of carboxylic acids is 1. The van der Waals surface area contributed by atoms with Crippen LogP contribution in [0.5, 0.6) is 0 Å². The van der Waals surface area contributed by atoms with Crippen LogP contribution in [0.4, 0.5) is 0 Å². The number of fused-ring (bicyclic) bond motifs is 1. The molecule has 2 amide bonds. The van der Waals surface area contributed by atoms with Crippen LogP contribution in [0.3, 0.4) is 0 Å². The molecule has 1 N–H and O–H groups in total. The first-order chi connectivity index (χ1) is 9.52. The van der Waals surface area contributed by atoms with E-state index in [9.17, 15) is 19.2 Å². The summed E-state index contributed by atoms with van der Waals surface area (Å²) >= 11 is 0. The Kier molecular flexibility index (Phi) is 3.79. The smallest absolute Gasteiger partial charge is 0.417 e. The van der Waals surface area contributed by atoms with E-state index in [1.165, 1.54) is 0 Å². The molecule has 0 spiro atoms. The third kappa shape index (κ3) is 2.51. The number of imide groups is 1. The number of esters is 1. The van der Waals surface area contributed by atoms with Gasteiger partial charge in [-0.2, -0.15) is 0 Å². The van der Waals surface area contributed by atoms with Crippen molar-refractivity contribution in [2.45, 2.75) is 6.42 Å². The Morgan fingerprint density at radius 1 is 1.10 bits per heavy atom.